The van der Waals surface area contributed by atoms with E-state index < -0.39 is 0 Å². The fourth-order valence-electron chi connectivity index (χ4n) is 5.06. The molecule has 1 N–H and O–H groups in total. The van der Waals surface area contributed by atoms with Crippen molar-refractivity contribution in [1.29, 1.82) is 0 Å². The molecule has 1 aliphatic carbocycles. The van der Waals surface area contributed by atoms with Gasteiger partial charge in [0.15, 0.2) is 0 Å². The fourth-order valence-corrected chi connectivity index (χ4v) is 5.06. The van der Waals surface area contributed by atoms with Gasteiger partial charge in [0.05, 0.1) is 0 Å². The quantitative estimate of drug-likeness (QED) is 0.700. The van der Waals surface area contributed by atoms with Crippen LogP contribution in [-0.4, -0.2) is 25.0 Å². The zero-order chi connectivity index (χ0) is 20.3. The maximum atomic E-state index is 14.5. The van der Waals surface area contributed by atoms with Crippen molar-refractivity contribution in [2.45, 2.75) is 57.0 Å². The highest BCUT2D eigenvalue weighted by Gasteiger charge is 2.35. The minimum Gasteiger partial charge on any atom is -0.306 e. The summed E-state index contributed by atoms with van der Waals surface area (Å²) in [7, 11) is 2.16. The molecule has 0 amide bonds. The Morgan fingerprint density at radius 2 is 1.69 bits per heavy atom. The third-order valence-corrected chi connectivity index (χ3v) is 6.94. The van der Waals surface area contributed by atoms with Crippen LogP contribution in [0.1, 0.15) is 55.2 Å². The van der Waals surface area contributed by atoms with Crippen LogP contribution in [0.25, 0.3) is 0 Å². The van der Waals surface area contributed by atoms with Gasteiger partial charge in [0.1, 0.15) is 11.6 Å². The first kappa shape index (κ1) is 20.5. The molecule has 2 nitrogen and oxygen atoms in total. The van der Waals surface area contributed by atoms with Crippen LogP contribution < -0.4 is 5.32 Å². The van der Waals surface area contributed by atoms with Crippen molar-refractivity contribution in [3.8, 4) is 0 Å². The maximum Gasteiger partial charge on any atom is 0.126 e. The number of halogens is 2. The largest absolute Gasteiger partial charge is 0.306 e. The molecule has 156 valence electrons. The van der Waals surface area contributed by atoms with Gasteiger partial charge in [-0.1, -0.05) is 37.1 Å². The Balaban J connectivity index is 1.45. The van der Waals surface area contributed by atoms with E-state index in [0.29, 0.717) is 12.5 Å². The Hall–Kier alpha value is -1.78. The topological polar surface area (TPSA) is 15.3 Å². The summed E-state index contributed by atoms with van der Waals surface area (Å²) in [5.41, 5.74) is 3.03. The van der Waals surface area contributed by atoms with E-state index in [4.69, 9.17) is 0 Å². The zero-order valence-electron chi connectivity index (χ0n) is 17.4. The summed E-state index contributed by atoms with van der Waals surface area (Å²) in [5.74, 6) is 0.296. The Morgan fingerprint density at radius 1 is 1.00 bits per heavy atom. The summed E-state index contributed by atoms with van der Waals surface area (Å²) in [6.07, 6.45) is 7.59. The Kier molecular flexibility index (Phi) is 6.31. The number of hydrogen-bond acceptors (Lipinski definition) is 2. The van der Waals surface area contributed by atoms with Crippen molar-refractivity contribution in [3.63, 3.8) is 0 Å². The maximum absolute atomic E-state index is 14.5. The van der Waals surface area contributed by atoms with Gasteiger partial charge in [0.25, 0.3) is 0 Å². The van der Waals surface area contributed by atoms with E-state index in [1.54, 1.807) is 18.2 Å². The van der Waals surface area contributed by atoms with Crippen LogP contribution in [-0.2, 0) is 18.5 Å². The number of benzene rings is 2. The molecule has 0 radical (unpaired) electrons. The third kappa shape index (κ3) is 4.87. The van der Waals surface area contributed by atoms with Gasteiger partial charge in [-0.3, -0.25) is 0 Å². The van der Waals surface area contributed by atoms with Crippen LogP contribution in [0.5, 0.6) is 0 Å². The smallest absolute Gasteiger partial charge is 0.126 e. The molecule has 4 heteroatoms. The molecule has 2 aliphatic rings. The van der Waals surface area contributed by atoms with Crippen molar-refractivity contribution >= 4 is 0 Å². The van der Waals surface area contributed by atoms with Crippen molar-refractivity contribution in [2.75, 3.05) is 20.1 Å². The molecular formula is C25H32F2N2. The highest BCUT2D eigenvalue weighted by atomic mass is 19.1. The van der Waals surface area contributed by atoms with Gasteiger partial charge < -0.3 is 10.2 Å². The Labute approximate surface area is 173 Å². The van der Waals surface area contributed by atoms with E-state index in [1.165, 1.54) is 12.8 Å². The van der Waals surface area contributed by atoms with Crippen LogP contribution in [0.2, 0.25) is 0 Å². The summed E-state index contributed by atoms with van der Waals surface area (Å²) < 4.78 is 27.8. The number of likely N-dealkylation sites (tertiary alicyclic amines) is 1. The molecule has 0 spiro atoms. The van der Waals surface area contributed by atoms with Crippen molar-refractivity contribution in [1.82, 2.24) is 10.2 Å². The SMILES string of the molecule is CN1CCC(Cc2cc(CNC3(c4ccc(F)cc4)CCCC3)ccc2F)CC1. The molecular weight excluding hydrogens is 366 g/mol. The molecule has 1 aliphatic heterocycles. The number of hydrogen-bond donors (Lipinski definition) is 1. The molecule has 2 aromatic carbocycles. The average molecular weight is 399 g/mol. The lowest BCUT2D eigenvalue weighted by molar-refractivity contribution is 0.218. The second-order valence-electron chi connectivity index (χ2n) is 9.03. The van der Waals surface area contributed by atoms with Crippen molar-refractivity contribution in [3.05, 3.63) is 70.8 Å². The molecule has 2 aromatic rings. The standard InChI is InChI=1S/C25H32F2N2/c1-29-14-10-19(11-15-29)16-21-17-20(4-9-24(21)27)18-28-25(12-2-3-13-25)22-5-7-23(26)8-6-22/h4-9,17,19,28H,2-3,10-16,18H2,1H3. The highest BCUT2D eigenvalue weighted by molar-refractivity contribution is 5.29. The van der Waals surface area contributed by atoms with E-state index in [1.807, 2.05) is 24.3 Å². The molecule has 1 saturated heterocycles. The van der Waals surface area contributed by atoms with Gasteiger partial charge in [0, 0.05) is 12.1 Å². The molecule has 1 saturated carbocycles. The molecule has 1 heterocycles. The fraction of sp³-hybridized carbons (Fsp3) is 0.520. The van der Waals surface area contributed by atoms with Crippen molar-refractivity contribution in [2.24, 2.45) is 5.92 Å². The van der Waals surface area contributed by atoms with E-state index >= 15 is 0 Å². The summed E-state index contributed by atoms with van der Waals surface area (Å²) >= 11 is 0. The summed E-state index contributed by atoms with van der Waals surface area (Å²) in [6, 6.07) is 12.5. The minimum atomic E-state index is -0.195. The normalized spacial score (nSPS) is 20.2. The molecule has 0 unspecified atom stereocenters. The van der Waals surface area contributed by atoms with Crippen LogP contribution in [0.3, 0.4) is 0 Å². The lowest BCUT2D eigenvalue weighted by Gasteiger charge is -2.32. The minimum absolute atomic E-state index is 0.0817. The molecule has 0 aromatic heterocycles. The first-order chi connectivity index (χ1) is 14.0. The van der Waals surface area contributed by atoms with Gasteiger partial charge in [-0.05, 0) is 93.0 Å². The lowest BCUT2D eigenvalue weighted by Crippen LogP contribution is -2.39. The summed E-state index contributed by atoms with van der Waals surface area (Å²) in [6.45, 7) is 2.92. The highest BCUT2D eigenvalue weighted by Crippen LogP contribution is 2.39. The van der Waals surface area contributed by atoms with Crippen molar-refractivity contribution < 1.29 is 8.78 Å². The second-order valence-corrected chi connectivity index (χ2v) is 9.03. The van der Waals surface area contributed by atoms with E-state index in [2.05, 4.69) is 17.3 Å². The van der Waals surface area contributed by atoms with E-state index in [0.717, 1.165) is 61.9 Å². The average Bonchev–Trinajstić information content (AvgIpc) is 3.21. The van der Waals surface area contributed by atoms with Gasteiger partial charge in [-0.2, -0.15) is 0 Å². The van der Waals surface area contributed by atoms with Crippen LogP contribution >= 0.6 is 0 Å². The van der Waals surface area contributed by atoms with E-state index in [-0.39, 0.29) is 17.2 Å². The lowest BCUT2D eigenvalue weighted by atomic mass is 9.87. The van der Waals surface area contributed by atoms with Crippen LogP contribution in [0.4, 0.5) is 8.78 Å². The van der Waals surface area contributed by atoms with Gasteiger partial charge in [-0.15, -0.1) is 0 Å². The number of nitrogens with zero attached hydrogens (tertiary/aromatic N) is 1. The summed E-state index contributed by atoms with van der Waals surface area (Å²) in [5, 5.41) is 3.75. The Morgan fingerprint density at radius 3 is 2.38 bits per heavy atom. The first-order valence-electron chi connectivity index (χ1n) is 11.0. The monoisotopic (exact) mass is 398 g/mol. The second kappa shape index (κ2) is 8.93. The van der Waals surface area contributed by atoms with Gasteiger partial charge >= 0.3 is 0 Å². The molecule has 2 fully saturated rings. The zero-order valence-corrected chi connectivity index (χ0v) is 17.4. The van der Waals surface area contributed by atoms with Gasteiger partial charge in [0.2, 0.25) is 0 Å². The predicted octanol–water partition coefficient (Wildman–Crippen LogP) is 5.41. The number of rotatable bonds is 6. The van der Waals surface area contributed by atoms with Gasteiger partial charge in [-0.25, -0.2) is 8.78 Å². The number of piperidine rings is 1. The molecule has 29 heavy (non-hydrogen) atoms. The summed E-state index contributed by atoms with van der Waals surface area (Å²) in [4.78, 5) is 2.35. The van der Waals surface area contributed by atoms with Crippen LogP contribution in [0, 0.1) is 17.6 Å². The predicted molar refractivity (Wildman–Crippen MR) is 114 cm³/mol. The molecule has 0 bridgehead atoms. The van der Waals surface area contributed by atoms with Crippen LogP contribution in [0.15, 0.2) is 42.5 Å². The molecule has 4 rings (SSSR count). The first-order valence-corrected chi connectivity index (χ1v) is 11.0. The molecule has 0 atom stereocenters. The third-order valence-electron chi connectivity index (χ3n) is 6.94. The Bertz CT molecular complexity index is 804. The van der Waals surface area contributed by atoms with E-state index in [9.17, 15) is 8.78 Å². The number of nitrogens with one attached hydrogen (secondary N) is 1.